The molecule has 3 amide bonds. The highest BCUT2D eigenvalue weighted by atomic mass is 19.1. The van der Waals surface area contributed by atoms with Crippen LogP contribution in [0.15, 0.2) is 65.3 Å². The number of nitrogens with zero attached hydrogens (tertiary/aromatic N) is 2. The van der Waals surface area contributed by atoms with Crippen molar-refractivity contribution >= 4 is 17.6 Å². The Labute approximate surface area is 210 Å². The van der Waals surface area contributed by atoms with E-state index in [1.165, 1.54) is 17.0 Å². The first-order chi connectivity index (χ1) is 17.4. The van der Waals surface area contributed by atoms with Crippen molar-refractivity contribution in [2.45, 2.75) is 45.9 Å². The minimum absolute atomic E-state index is 0.112. The van der Waals surface area contributed by atoms with Gasteiger partial charge in [0.25, 0.3) is 0 Å². The third-order valence-corrected chi connectivity index (χ3v) is 6.39. The Bertz CT molecular complexity index is 1160. The molecule has 4 rings (SSSR count). The standard InChI is InChI=1S/C28H32FN3O4/c1-20-7-12-24(15-21(20)2)30-28(34)32(18-26-6-4-14-36-26)19-27(33)31(17-25-5-3-13-35-25)16-22-8-10-23(29)11-9-22/h3,5,7-13,15,26H,4,6,14,16-19H2,1-2H3,(H,30,34). The number of aryl methyl sites for hydroxylation is 2. The molecule has 0 radical (unpaired) electrons. The van der Waals surface area contributed by atoms with Gasteiger partial charge in [-0.3, -0.25) is 4.79 Å². The van der Waals surface area contributed by atoms with E-state index in [0.29, 0.717) is 24.6 Å². The van der Waals surface area contributed by atoms with Crippen molar-refractivity contribution in [2.75, 3.05) is 25.0 Å². The lowest BCUT2D eigenvalue weighted by atomic mass is 10.1. The molecule has 0 saturated carbocycles. The van der Waals surface area contributed by atoms with E-state index in [4.69, 9.17) is 9.15 Å². The SMILES string of the molecule is Cc1ccc(NC(=O)N(CC(=O)N(Cc2ccc(F)cc2)Cc2ccco2)CC2CCCO2)cc1C. The van der Waals surface area contributed by atoms with Crippen LogP contribution in [-0.2, 0) is 22.6 Å². The molecule has 36 heavy (non-hydrogen) atoms. The first-order valence-electron chi connectivity index (χ1n) is 12.2. The van der Waals surface area contributed by atoms with E-state index in [1.807, 2.05) is 32.0 Å². The third kappa shape index (κ3) is 6.95. The highest BCUT2D eigenvalue weighted by Gasteiger charge is 2.27. The normalized spacial score (nSPS) is 15.0. The van der Waals surface area contributed by atoms with E-state index in [9.17, 15) is 14.0 Å². The number of carbonyl (C=O) groups excluding carboxylic acids is 2. The summed E-state index contributed by atoms with van der Waals surface area (Å²) in [7, 11) is 0. The Kier molecular flexibility index (Phi) is 8.38. The number of anilines is 1. The average molecular weight is 494 g/mol. The number of hydrogen-bond acceptors (Lipinski definition) is 4. The predicted octanol–water partition coefficient (Wildman–Crippen LogP) is 5.28. The molecule has 1 aliphatic heterocycles. The Balaban J connectivity index is 1.51. The molecule has 3 aromatic rings. The van der Waals surface area contributed by atoms with Crippen molar-refractivity contribution in [3.8, 4) is 0 Å². The van der Waals surface area contributed by atoms with E-state index in [-0.39, 0.29) is 43.5 Å². The molecule has 0 aliphatic carbocycles. The summed E-state index contributed by atoms with van der Waals surface area (Å²) in [6.45, 7) is 5.33. The van der Waals surface area contributed by atoms with Gasteiger partial charge in [0.2, 0.25) is 5.91 Å². The zero-order valence-electron chi connectivity index (χ0n) is 20.7. The van der Waals surface area contributed by atoms with Gasteiger partial charge in [-0.25, -0.2) is 9.18 Å². The summed E-state index contributed by atoms with van der Waals surface area (Å²) >= 11 is 0. The predicted molar refractivity (Wildman–Crippen MR) is 135 cm³/mol. The second kappa shape index (κ2) is 11.9. The Hall–Kier alpha value is -3.65. The fourth-order valence-electron chi connectivity index (χ4n) is 4.17. The molecule has 0 bridgehead atoms. The molecule has 1 unspecified atom stereocenters. The quantitative estimate of drug-likeness (QED) is 0.440. The Morgan fingerprint density at radius 2 is 1.83 bits per heavy atom. The van der Waals surface area contributed by atoms with Crippen LogP contribution in [0, 0.1) is 19.7 Å². The highest BCUT2D eigenvalue weighted by molar-refractivity contribution is 5.92. The molecule has 1 atom stereocenters. The van der Waals surface area contributed by atoms with Crippen molar-refractivity contribution in [3.05, 3.63) is 89.1 Å². The van der Waals surface area contributed by atoms with Crippen LogP contribution >= 0.6 is 0 Å². The topological polar surface area (TPSA) is 75.0 Å². The van der Waals surface area contributed by atoms with Crippen molar-refractivity contribution < 1.29 is 23.1 Å². The monoisotopic (exact) mass is 493 g/mol. The fourth-order valence-corrected chi connectivity index (χ4v) is 4.17. The van der Waals surface area contributed by atoms with E-state index in [1.54, 1.807) is 35.4 Å². The van der Waals surface area contributed by atoms with Crippen molar-refractivity contribution in [2.24, 2.45) is 0 Å². The average Bonchev–Trinajstić information content (AvgIpc) is 3.56. The lowest BCUT2D eigenvalue weighted by Gasteiger charge is -2.29. The molecule has 7 nitrogen and oxygen atoms in total. The number of benzene rings is 2. The van der Waals surface area contributed by atoms with Crippen LogP contribution in [0.4, 0.5) is 14.9 Å². The number of amides is 3. The van der Waals surface area contributed by atoms with E-state index < -0.39 is 0 Å². The molecule has 2 heterocycles. The summed E-state index contributed by atoms with van der Waals surface area (Å²) in [6, 6.07) is 14.9. The summed E-state index contributed by atoms with van der Waals surface area (Å²) in [5.74, 6) is 0.0353. The van der Waals surface area contributed by atoms with Crippen LogP contribution in [0.5, 0.6) is 0 Å². The zero-order valence-corrected chi connectivity index (χ0v) is 20.7. The maximum atomic E-state index is 13.5. The molecular weight excluding hydrogens is 461 g/mol. The third-order valence-electron chi connectivity index (χ3n) is 6.39. The van der Waals surface area contributed by atoms with Gasteiger partial charge in [-0.05, 0) is 79.8 Å². The first kappa shape index (κ1) is 25.4. The van der Waals surface area contributed by atoms with Gasteiger partial charge in [0, 0.05) is 25.4 Å². The largest absolute Gasteiger partial charge is 0.467 e. The van der Waals surface area contributed by atoms with Gasteiger partial charge in [0.05, 0.1) is 18.9 Å². The maximum absolute atomic E-state index is 13.5. The molecule has 1 aliphatic rings. The fraction of sp³-hybridized carbons (Fsp3) is 0.357. The molecule has 0 spiro atoms. The van der Waals surface area contributed by atoms with Gasteiger partial charge in [0.1, 0.15) is 18.1 Å². The number of hydrogen-bond donors (Lipinski definition) is 1. The first-order valence-corrected chi connectivity index (χ1v) is 12.2. The number of rotatable bonds is 9. The highest BCUT2D eigenvalue weighted by Crippen LogP contribution is 2.18. The van der Waals surface area contributed by atoms with Crippen molar-refractivity contribution in [3.63, 3.8) is 0 Å². The molecule has 1 N–H and O–H groups in total. The van der Waals surface area contributed by atoms with Gasteiger partial charge in [-0.15, -0.1) is 0 Å². The maximum Gasteiger partial charge on any atom is 0.322 e. The number of nitrogens with one attached hydrogen (secondary N) is 1. The molecular formula is C28H32FN3O4. The van der Waals surface area contributed by atoms with Gasteiger partial charge in [-0.1, -0.05) is 18.2 Å². The molecule has 1 fully saturated rings. The second-order valence-corrected chi connectivity index (χ2v) is 9.20. The van der Waals surface area contributed by atoms with Crippen LogP contribution in [0.1, 0.15) is 35.3 Å². The number of ether oxygens (including phenoxy) is 1. The minimum Gasteiger partial charge on any atom is -0.467 e. The molecule has 1 saturated heterocycles. The number of carbonyl (C=O) groups is 2. The summed E-state index contributed by atoms with van der Waals surface area (Å²) in [5, 5.41) is 2.93. The van der Waals surface area contributed by atoms with Gasteiger partial charge < -0.3 is 24.3 Å². The zero-order chi connectivity index (χ0) is 25.5. The van der Waals surface area contributed by atoms with Crippen LogP contribution in [0.3, 0.4) is 0 Å². The smallest absolute Gasteiger partial charge is 0.322 e. The van der Waals surface area contributed by atoms with Crippen molar-refractivity contribution in [1.29, 1.82) is 0 Å². The Morgan fingerprint density at radius 3 is 2.50 bits per heavy atom. The van der Waals surface area contributed by atoms with Crippen LogP contribution in [-0.4, -0.2) is 47.5 Å². The summed E-state index contributed by atoms with van der Waals surface area (Å²) in [6.07, 6.45) is 3.21. The molecule has 8 heteroatoms. The summed E-state index contributed by atoms with van der Waals surface area (Å²) < 4.78 is 24.6. The van der Waals surface area contributed by atoms with E-state index >= 15 is 0 Å². The lowest BCUT2D eigenvalue weighted by Crippen LogP contribution is -2.46. The number of urea groups is 1. The lowest BCUT2D eigenvalue weighted by molar-refractivity contribution is -0.133. The van der Waals surface area contributed by atoms with E-state index in [2.05, 4.69) is 5.32 Å². The van der Waals surface area contributed by atoms with Gasteiger partial charge in [0.15, 0.2) is 0 Å². The van der Waals surface area contributed by atoms with Crippen LogP contribution < -0.4 is 5.32 Å². The second-order valence-electron chi connectivity index (χ2n) is 9.20. The number of halogens is 1. The minimum atomic E-state index is -0.359. The summed E-state index contributed by atoms with van der Waals surface area (Å²) in [5.41, 5.74) is 3.65. The molecule has 1 aromatic heterocycles. The van der Waals surface area contributed by atoms with Crippen molar-refractivity contribution in [1.82, 2.24) is 9.80 Å². The molecule has 190 valence electrons. The van der Waals surface area contributed by atoms with Crippen LogP contribution in [0.2, 0.25) is 0 Å². The number of furan rings is 1. The van der Waals surface area contributed by atoms with E-state index in [0.717, 1.165) is 29.5 Å². The molecule has 2 aromatic carbocycles. The van der Waals surface area contributed by atoms with Crippen LogP contribution in [0.25, 0.3) is 0 Å². The summed E-state index contributed by atoms with van der Waals surface area (Å²) in [4.78, 5) is 29.9. The van der Waals surface area contributed by atoms with Gasteiger partial charge in [-0.2, -0.15) is 0 Å². The Morgan fingerprint density at radius 1 is 1.03 bits per heavy atom. The van der Waals surface area contributed by atoms with Gasteiger partial charge >= 0.3 is 6.03 Å².